The van der Waals surface area contributed by atoms with Crippen LogP contribution in [0, 0.1) is 17.8 Å². The van der Waals surface area contributed by atoms with Crippen molar-refractivity contribution in [2.45, 2.75) is 56.9 Å². The fraction of sp³-hybridized carbons (Fsp3) is 0.609. The normalized spacial score (nSPS) is 29.3. The summed E-state index contributed by atoms with van der Waals surface area (Å²) in [5, 5.41) is 7.53. The third kappa shape index (κ3) is 4.12. The van der Waals surface area contributed by atoms with Crippen LogP contribution in [-0.2, 0) is 4.79 Å². The van der Waals surface area contributed by atoms with Crippen LogP contribution < -0.4 is 5.73 Å². The number of aromatic nitrogens is 3. The molecule has 1 saturated heterocycles. The molecule has 7 heteroatoms. The molecule has 30 heavy (non-hydrogen) atoms. The van der Waals surface area contributed by atoms with E-state index in [0.29, 0.717) is 29.7 Å². The summed E-state index contributed by atoms with van der Waals surface area (Å²) in [6.45, 7) is 1.64. The molecule has 2 saturated carbocycles. The molecule has 1 aromatic heterocycles. The Kier molecular flexibility index (Phi) is 6.44. The number of halogens is 1. The first-order chi connectivity index (χ1) is 14.2. The van der Waals surface area contributed by atoms with Gasteiger partial charge in [-0.3, -0.25) is 9.89 Å². The summed E-state index contributed by atoms with van der Waals surface area (Å²) in [5.74, 6) is 3.73. The largest absolute Gasteiger partial charge is 0.342 e. The molecular formula is C23H32ClN5O. The minimum atomic E-state index is 0. The first-order valence-corrected chi connectivity index (χ1v) is 11.2. The molecule has 3 fully saturated rings. The third-order valence-electron chi connectivity index (χ3n) is 7.49. The number of hydrogen-bond donors (Lipinski definition) is 2. The van der Waals surface area contributed by atoms with Crippen LogP contribution >= 0.6 is 12.4 Å². The standard InChI is InChI=1S/C23H31N5O.ClH/c24-20-17-7-4-8-18(20)14-19(13-17)23(29)28-11-9-16(10-12-28)22-25-21(26-27-22)15-5-2-1-3-6-15;/h1-3,5-6,16-20H,4,7-14,24H2,(H,25,26,27);1H. The molecule has 3 aliphatic rings. The van der Waals surface area contributed by atoms with E-state index in [-0.39, 0.29) is 18.3 Å². The number of rotatable bonds is 3. The van der Waals surface area contributed by atoms with Gasteiger partial charge in [-0.1, -0.05) is 36.8 Å². The van der Waals surface area contributed by atoms with E-state index in [1.165, 1.54) is 19.3 Å². The number of likely N-dealkylation sites (tertiary alicyclic amines) is 1. The van der Waals surface area contributed by atoms with Gasteiger partial charge in [0.1, 0.15) is 5.82 Å². The maximum absolute atomic E-state index is 13.2. The van der Waals surface area contributed by atoms with Crippen LogP contribution in [0.25, 0.3) is 11.4 Å². The number of amides is 1. The number of nitrogens with zero attached hydrogens (tertiary/aromatic N) is 3. The van der Waals surface area contributed by atoms with Crippen molar-refractivity contribution in [3.63, 3.8) is 0 Å². The minimum absolute atomic E-state index is 0. The monoisotopic (exact) mass is 429 g/mol. The van der Waals surface area contributed by atoms with Crippen LogP contribution in [0.5, 0.6) is 0 Å². The van der Waals surface area contributed by atoms with Crippen LogP contribution in [0.2, 0.25) is 0 Å². The number of aromatic amines is 1. The highest BCUT2D eigenvalue weighted by atomic mass is 35.5. The van der Waals surface area contributed by atoms with E-state index in [1.54, 1.807) is 0 Å². The van der Waals surface area contributed by atoms with Crippen molar-refractivity contribution >= 4 is 18.3 Å². The summed E-state index contributed by atoms with van der Waals surface area (Å²) in [6, 6.07) is 10.4. The van der Waals surface area contributed by atoms with Gasteiger partial charge in [-0.2, -0.15) is 5.10 Å². The minimum Gasteiger partial charge on any atom is -0.342 e. The number of benzene rings is 1. The molecule has 2 heterocycles. The third-order valence-corrected chi connectivity index (χ3v) is 7.49. The molecule has 0 radical (unpaired) electrons. The Labute approximate surface area is 184 Å². The SMILES string of the molecule is Cl.NC1C2CCCC1CC(C(=O)N1CCC(c3nc(-c4ccccc4)n[nH]3)CC1)C2. The molecule has 1 aromatic carbocycles. The van der Waals surface area contributed by atoms with Gasteiger partial charge in [0.05, 0.1) is 0 Å². The molecule has 1 amide bonds. The maximum Gasteiger partial charge on any atom is 0.225 e. The number of nitrogens with two attached hydrogens (primary N) is 1. The Balaban J connectivity index is 0.00000218. The molecule has 2 atom stereocenters. The van der Waals surface area contributed by atoms with Crippen molar-refractivity contribution in [3.05, 3.63) is 36.2 Å². The lowest BCUT2D eigenvalue weighted by molar-refractivity contribution is -0.139. The van der Waals surface area contributed by atoms with E-state index < -0.39 is 0 Å². The van der Waals surface area contributed by atoms with Gasteiger partial charge in [-0.15, -0.1) is 12.4 Å². The van der Waals surface area contributed by atoms with Gasteiger partial charge >= 0.3 is 0 Å². The quantitative estimate of drug-likeness (QED) is 0.777. The lowest BCUT2D eigenvalue weighted by atomic mass is 9.65. The maximum atomic E-state index is 13.2. The van der Waals surface area contributed by atoms with Crippen molar-refractivity contribution in [2.75, 3.05) is 13.1 Å². The van der Waals surface area contributed by atoms with Crippen molar-refractivity contribution in [2.24, 2.45) is 23.5 Å². The van der Waals surface area contributed by atoms with Gasteiger partial charge in [0.25, 0.3) is 0 Å². The van der Waals surface area contributed by atoms with Crippen LogP contribution in [0.15, 0.2) is 30.3 Å². The van der Waals surface area contributed by atoms with Crippen molar-refractivity contribution < 1.29 is 4.79 Å². The molecule has 2 aliphatic carbocycles. The molecule has 162 valence electrons. The molecule has 0 spiro atoms. The zero-order chi connectivity index (χ0) is 19.8. The van der Waals surface area contributed by atoms with E-state index >= 15 is 0 Å². The van der Waals surface area contributed by atoms with E-state index in [2.05, 4.69) is 15.1 Å². The first-order valence-electron chi connectivity index (χ1n) is 11.2. The zero-order valence-corrected chi connectivity index (χ0v) is 18.2. The summed E-state index contributed by atoms with van der Waals surface area (Å²) in [7, 11) is 0. The molecule has 2 aromatic rings. The highest BCUT2D eigenvalue weighted by molar-refractivity contribution is 5.85. The van der Waals surface area contributed by atoms with Crippen LogP contribution in [-0.4, -0.2) is 45.1 Å². The highest BCUT2D eigenvalue weighted by Gasteiger charge is 2.42. The lowest BCUT2D eigenvalue weighted by Crippen LogP contribution is -2.50. The van der Waals surface area contributed by atoms with Crippen LogP contribution in [0.1, 0.15) is 56.7 Å². The summed E-state index contributed by atoms with van der Waals surface area (Å²) in [5.41, 5.74) is 7.44. The Morgan fingerprint density at radius 1 is 1.03 bits per heavy atom. The molecule has 2 bridgehead atoms. The highest BCUT2D eigenvalue weighted by Crippen LogP contribution is 2.42. The Morgan fingerprint density at radius 3 is 2.37 bits per heavy atom. The van der Waals surface area contributed by atoms with Gasteiger partial charge in [0, 0.05) is 36.5 Å². The number of carbonyl (C=O) groups excluding carboxylic acids is 1. The average Bonchev–Trinajstić information content (AvgIpc) is 3.24. The summed E-state index contributed by atoms with van der Waals surface area (Å²) >= 11 is 0. The van der Waals surface area contributed by atoms with Gasteiger partial charge in [-0.05, 0) is 50.4 Å². The second-order valence-electron chi connectivity index (χ2n) is 9.21. The van der Waals surface area contributed by atoms with E-state index in [4.69, 9.17) is 10.7 Å². The predicted molar refractivity (Wildman–Crippen MR) is 119 cm³/mol. The number of fused-ring (bicyclic) bond motifs is 2. The predicted octanol–water partition coefficient (Wildman–Crippen LogP) is 3.75. The second-order valence-corrected chi connectivity index (χ2v) is 9.21. The molecule has 2 unspecified atom stereocenters. The van der Waals surface area contributed by atoms with Gasteiger partial charge in [-0.25, -0.2) is 4.98 Å². The Bertz CT molecular complexity index is 834. The number of H-pyrrole nitrogens is 1. The number of piperidine rings is 1. The summed E-state index contributed by atoms with van der Waals surface area (Å²) in [6.07, 6.45) is 7.61. The summed E-state index contributed by atoms with van der Waals surface area (Å²) in [4.78, 5) is 20.0. The Hall–Kier alpha value is -1.92. The van der Waals surface area contributed by atoms with Crippen LogP contribution in [0.3, 0.4) is 0 Å². The van der Waals surface area contributed by atoms with Crippen molar-refractivity contribution in [1.29, 1.82) is 0 Å². The van der Waals surface area contributed by atoms with Crippen molar-refractivity contribution in [3.8, 4) is 11.4 Å². The zero-order valence-electron chi connectivity index (χ0n) is 17.4. The van der Waals surface area contributed by atoms with E-state index in [9.17, 15) is 4.79 Å². The molecule has 6 nitrogen and oxygen atoms in total. The van der Waals surface area contributed by atoms with Gasteiger partial charge in [0.15, 0.2) is 5.82 Å². The lowest BCUT2D eigenvalue weighted by Gasteiger charge is -2.45. The smallest absolute Gasteiger partial charge is 0.225 e. The number of hydrogen-bond acceptors (Lipinski definition) is 4. The molecule has 1 aliphatic heterocycles. The molecule has 3 N–H and O–H groups in total. The van der Waals surface area contributed by atoms with Crippen molar-refractivity contribution in [1.82, 2.24) is 20.1 Å². The number of carbonyl (C=O) groups is 1. The Morgan fingerprint density at radius 2 is 1.70 bits per heavy atom. The van der Waals surface area contributed by atoms with Gasteiger partial charge in [0.2, 0.25) is 5.91 Å². The van der Waals surface area contributed by atoms with Gasteiger partial charge < -0.3 is 10.6 Å². The summed E-state index contributed by atoms with van der Waals surface area (Å²) < 4.78 is 0. The molecule has 5 rings (SSSR count). The fourth-order valence-corrected chi connectivity index (χ4v) is 5.80. The van der Waals surface area contributed by atoms with Crippen LogP contribution in [0.4, 0.5) is 0 Å². The topological polar surface area (TPSA) is 87.9 Å². The van der Waals surface area contributed by atoms with E-state index in [1.807, 2.05) is 30.3 Å². The first kappa shape index (κ1) is 21.3. The number of nitrogens with one attached hydrogen (secondary N) is 1. The fourth-order valence-electron chi connectivity index (χ4n) is 5.80. The second kappa shape index (κ2) is 9.06. The molecular weight excluding hydrogens is 398 g/mol. The van der Waals surface area contributed by atoms with E-state index in [0.717, 1.165) is 56.0 Å². The average molecular weight is 430 g/mol.